The van der Waals surface area contributed by atoms with Gasteiger partial charge in [-0.3, -0.25) is 4.79 Å². The molecule has 0 spiro atoms. The van der Waals surface area contributed by atoms with Gasteiger partial charge < -0.3 is 9.84 Å². The molecule has 114 valence electrons. The SMILES string of the molecule is CCCCCCCC(O)=C1C(=O)CC(CCC)OC1=O. The highest BCUT2D eigenvalue weighted by Crippen LogP contribution is 2.23. The number of aliphatic hydroxyl groups excluding tert-OH is 1. The van der Waals surface area contributed by atoms with Gasteiger partial charge in [-0.2, -0.15) is 0 Å². The zero-order chi connectivity index (χ0) is 15.0. The van der Waals surface area contributed by atoms with Gasteiger partial charge in [-0.15, -0.1) is 0 Å². The molecule has 0 aromatic rings. The fourth-order valence-corrected chi connectivity index (χ4v) is 2.46. The third-order valence-electron chi connectivity index (χ3n) is 3.59. The molecule has 0 amide bonds. The Bertz CT molecular complexity index is 351. The summed E-state index contributed by atoms with van der Waals surface area (Å²) in [5.41, 5.74) is -0.118. The molecule has 1 rings (SSSR count). The van der Waals surface area contributed by atoms with Crippen LogP contribution in [0.1, 0.15) is 71.6 Å². The molecule has 1 saturated heterocycles. The average Bonchev–Trinajstić information content (AvgIpc) is 2.38. The van der Waals surface area contributed by atoms with Crippen LogP contribution in [-0.4, -0.2) is 23.0 Å². The Morgan fingerprint density at radius 3 is 2.45 bits per heavy atom. The second kappa shape index (κ2) is 8.77. The van der Waals surface area contributed by atoms with Gasteiger partial charge in [0.05, 0.1) is 0 Å². The van der Waals surface area contributed by atoms with E-state index in [0.29, 0.717) is 12.8 Å². The monoisotopic (exact) mass is 282 g/mol. The zero-order valence-electron chi connectivity index (χ0n) is 12.6. The van der Waals surface area contributed by atoms with Crippen molar-refractivity contribution in [1.29, 1.82) is 0 Å². The van der Waals surface area contributed by atoms with E-state index in [1.54, 1.807) is 0 Å². The van der Waals surface area contributed by atoms with Gasteiger partial charge in [-0.05, 0) is 12.8 Å². The summed E-state index contributed by atoms with van der Waals surface area (Å²) in [6.45, 7) is 4.13. The molecule has 0 bridgehead atoms. The average molecular weight is 282 g/mol. The molecule has 20 heavy (non-hydrogen) atoms. The van der Waals surface area contributed by atoms with E-state index in [2.05, 4.69) is 6.92 Å². The van der Waals surface area contributed by atoms with Crippen LogP contribution in [0, 0.1) is 0 Å². The first kappa shape index (κ1) is 16.7. The normalized spacial score (nSPS) is 21.8. The number of ether oxygens (including phenoxy) is 1. The Morgan fingerprint density at radius 1 is 1.15 bits per heavy atom. The number of rotatable bonds is 8. The molecule has 1 atom stereocenters. The van der Waals surface area contributed by atoms with E-state index in [-0.39, 0.29) is 29.6 Å². The van der Waals surface area contributed by atoms with Crippen LogP contribution in [0.5, 0.6) is 0 Å². The van der Waals surface area contributed by atoms with E-state index in [4.69, 9.17) is 4.74 Å². The molecule has 1 heterocycles. The van der Waals surface area contributed by atoms with Crippen LogP contribution >= 0.6 is 0 Å². The van der Waals surface area contributed by atoms with Gasteiger partial charge in [0.1, 0.15) is 17.4 Å². The van der Waals surface area contributed by atoms with Gasteiger partial charge in [0, 0.05) is 12.8 Å². The largest absolute Gasteiger partial charge is 0.511 e. The van der Waals surface area contributed by atoms with Crippen LogP contribution < -0.4 is 0 Å². The maximum atomic E-state index is 11.9. The van der Waals surface area contributed by atoms with Crippen molar-refractivity contribution in [3.05, 3.63) is 11.3 Å². The molecule has 1 N–H and O–H groups in total. The van der Waals surface area contributed by atoms with E-state index in [1.165, 1.54) is 6.42 Å². The van der Waals surface area contributed by atoms with Crippen LogP contribution in [0.3, 0.4) is 0 Å². The standard InChI is InChI=1S/C16H26O4/c1-3-5-6-7-8-10-13(17)15-14(18)11-12(9-4-2)20-16(15)19/h12,17H,3-11H2,1-2H3. The van der Waals surface area contributed by atoms with Crippen LogP contribution in [-0.2, 0) is 14.3 Å². The van der Waals surface area contributed by atoms with Crippen LogP contribution in [0.15, 0.2) is 11.3 Å². The number of unbranched alkanes of at least 4 members (excludes halogenated alkanes) is 4. The Kier molecular flexibility index (Phi) is 7.34. The van der Waals surface area contributed by atoms with Crippen molar-refractivity contribution in [3.63, 3.8) is 0 Å². The zero-order valence-corrected chi connectivity index (χ0v) is 12.6. The number of carbonyl (C=O) groups excluding carboxylic acids is 2. The second-order valence-electron chi connectivity index (χ2n) is 5.43. The number of hydrogen-bond acceptors (Lipinski definition) is 4. The molecule has 1 aliphatic heterocycles. The molecule has 0 aromatic carbocycles. The lowest BCUT2D eigenvalue weighted by atomic mass is 9.97. The summed E-state index contributed by atoms with van der Waals surface area (Å²) < 4.78 is 5.20. The second-order valence-corrected chi connectivity index (χ2v) is 5.43. The van der Waals surface area contributed by atoms with Crippen LogP contribution in [0.2, 0.25) is 0 Å². The number of Topliss-reactive ketones (excluding diaryl/α,β-unsaturated/α-hetero) is 1. The van der Waals surface area contributed by atoms with Crippen LogP contribution in [0.25, 0.3) is 0 Å². The van der Waals surface area contributed by atoms with Gasteiger partial charge in [-0.25, -0.2) is 4.79 Å². The smallest absolute Gasteiger partial charge is 0.345 e. The summed E-state index contributed by atoms with van der Waals surface area (Å²) >= 11 is 0. The van der Waals surface area contributed by atoms with Crippen molar-refractivity contribution in [3.8, 4) is 0 Å². The third kappa shape index (κ3) is 4.99. The highest BCUT2D eigenvalue weighted by atomic mass is 16.5. The van der Waals surface area contributed by atoms with Gasteiger partial charge in [0.15, 0.2) is 5.78 Å². The first-order chi connectivity index (χ1) is 9.60. The molecular weight excluding hydrogens is 256 g/mol. The minimum Gasteiger partial charge on any atom is -0.511 e. The Labute approximate surface area is 121 Å². The first-order valence-electron chi connectivity index (χ1n) is 7.76. The fourth-order valence-electron chi connectivity index (χ4n) is 2.46. The van der Waals surface area contributed by atoms with E-state index in [9.17, 15) is 14.7 Å². The molecule has 0 aromatic heterocycles. The molecule has 4 heteroatoms. The number of cyclic esters (lactones) is 1. The van der Waals surface area contributed by atoms with Crippen molar-refractivity contribution < 1.29 is 19.4 Å². The number of carbonyl (C=O) groups is 2. The molecular formula is C16H26O4. The summed E-state index contributed by atoms with van der Waals surface area (Å²) in [6, 6.07) is 0. The summed E-state index contributed by atoms with van der Waals surface area (Å²) in [5, 5.41) is 9.95. The number of ketones is 1. The number of hydrogen-bond donors (Lipinski definition) is 1. The first-order valence-corrected chi connectivity index (χ1v) is 7.76. The lowest BCUT2D eigenvalue weighted by Crippen LogP contribution is -2.33. The van der Waals surface area contributed by atoms with Gasteiger partial charge >= 0.3 is 5.97 Å². The van der Waals surface area contributed by atoms with E-state index in [0.717, 1.165) is 32.1 Å². The van der Waals surface area contributed by atoms with Gasteiger partial charge in [-0.1, -0.05) is 46.0 Å². The quantitative estimate of drug-likeness (QED) is 0.241. The Morgan fingerprint density at radius 2 is 1.85 bits per heavy atom. The maximum absolute atomic E-state index is 11.9. The Hall–Kier alpha value is -1.32. The molecule has 4 nitrogen and oxygen atoms in total. The summed E-state index contributed by atoms with van der Waals surface area (Å²) in [7, 11) is 0. The minimum atomic E-state index is -0.647. The number of aliphatic hydroxyl groups is 1. The summed E-state index contributed by atoms with van der Waals surface area (Å²) in [4.78, 5) is 23.8. The van der Waals surface area contributed by atoms with Gasteiger partial charge in [0.25, 0.3) is 0 Å². The number of esters is 1. The lowest BCUT2D eigenvalue weighted by Gasteiger charge is -2.23. The molecule has 1 unspecified atom stereocenters. The predicted octanol–water partition coefficient (Wildman–Crippen LogP) is 3.84. The molecule has 0 aliphatic carbocycles. The van der Waals surface area contributed by atoms with E-state index < -0.39 is 5.97 Å². The van der Waals surface area contributed by atoms with E-state index >= 15 is 0 Å². The maximum Gasteiger partial charge on any atom is 0.345 e. The lowest BCUT2D eigenvalue weighted by molar-refractivity contribution is -0.151. The third-order valence-corrected chi connectivity index (χ3v) is 3.59. The molecule has 1 aliphatic rings. The van der Waals surface area contributed by atoms with Crippen molar-refractivity contribution in [2.45, 2.75) is 77.7 Å². The highest BCUT2D eigenvalue weighted by molar-refractivity contribution is 6.19. The Balaban J connectivity index is 2.53. The van der Waals surface area contributed by atoms with Crippen LogP contribution in [0.4, 0.5) is 0 Å². The topological polar surface area (TPSA) is 63.6 Å². The summed E-state index contributed by atoms with van der Waals surface area (Å²) in [6.07, 6.45) is 7.11. The molecule has 0 saturated carbocycles. The van der Waals surface area contributed by atoms with Crippen molar-refractivity contribution in [2.75, 3.05) is 0 Å². The van der Waals surface area contributed by atoms with Crippen molar-refractivity contribution >= 4 is 11.8 Å². The van der Waals surface area contributed by atoms with E-state index in [1.807, 2.05) is 6.92 Å². The molecule has 0 radical (unpaired) electrons. The highest BCUT2D eigenvalue weighted by Gasteiger charge is 2.34. The van der Waals surface area contributed by atoms with Crippen molar-refractivity contribution in [2.24, 2.45) is 0 Å². The minimum absolute atomic E-state index is 0.0913. The predicted molar refractivity (Wildman–Crippen MR) is 77.4 cm³/mol. The summed E-state index contributed by atoms with van der Waals surface area (Å²) in [5.74, 6) is -1.01. The molecule has 1 fully saturated rings. The fraction of sp³-hybridized carbons (Fsp3) is 0.750. The van der Waals surface area contributed by atoms with Crippen molar-refractivity contribution in [1.82, 2.24) is 0 Å². The number of allylic oxidation sites excluding steroid dienone is 1. The van der Waals surface area contributed by atoms with Gasteiger partial charge in [0.2, 0.25) is 0 Å².